The SMILES string of the molecule is Cc1cccc(N(CC(=O)N(Cc2ccc(Br)cc2)[C@@H](Cc2ccccc2)C(=O)NCC(C)C)S(=O)(=O)c2ccc(Cl)cc2)c1. The number of benzene rings is 4. The molecule has 45 heavy (non-hydrogen) atoms. The number of halogens is 2. The van der Waals surface area contributed by atoms with Gasteiger partial charge in [0.15, 0.2) is 0 Å². The molecule has 0 aromatic heterocycles. The molecule has 0 aliphatic heterocycles. The molecule has 0 saturated heterocycles. The molecule has 0 unspecified atom stereocenters. The quantitative estimate of drug-likeness (QED) is 0.162. The van der Waals surface area contributed by atoms with Crippen LogP contribution in [0.15, 0.2) is 112 Å². The molecule has 0 aliphatic carbocycles. The van der Waals surface area contributed by atoms with Crippen LogP contribution in [0.2, 0.25) is 5.02 Å². The molecule has 0 bridgehead atoms. The molecule has 0 radical (unpaired) electrons. The molecular weight excluding hydrogens is 674 g/mol. The van der Waals surface area contributed by atoms with Gasteiger partial charge in [-0.3, -0.25) is 13.9 Å². The highest BCUT2D eigenvalue weighted by atomic mass is 79.9. The van der Waals surface area contributed by atoms with Gasteiger partial charge in [-0.1, -0.05) is 96.0 Å². The van der Waals surface area contributed by atoms with Crippen LogP contribution in [0.5, 0.6) is 0 Å². The predicted molar refractivity (Wildman–Crippen MR) is 184 cm³/mol. The molecule has 2 amide bonds. The fourth-order valence-electron chi connectivity index (χ4n) is 4.81. The first-order chi connectivity index (χ1) is 21.4. The van der Waals surface area contributed by atoms with Crippen LogP contribution < -0.4 is 9.62 Å². The summed E-state index contributed by atoms with van der Waals surface area (Å²) in [4.78, 5) is 29.8. The molecule has 4 aromatic rings. The third-order valence-electron chi connectivity index (χ3n) is 7.19. The standard InChI is InChI=1S/C35H37BrClN3O4S/c1-25(2)22-38-35(42)33(21-27-9-5-4-6-10-27)39(23-28-12-14-29(36)15-13-28)34(41)24-40(31-11-7-8-26(3)20-31)45(43,44)32-18-16-30(37)17-19-32/h4-20,25,33H,21-24H2,1-3H3,(H,38,42)/t33-/m0/s1. The van der Waals surface area contributed by atoms with Crippen LogP contribution in [-0.4, -0.2) is 44.3 Å². The van der Waals surface area contributed by atoms with Gasteiger partial charge in [-0.15, -0.1) is 0 Å². The van der Waals surface area contributed by atoms with Crippen molar-refractivity contribution in [1.82, 2.24) is 10.2 Å². The second kappa shape index (κ2) is 15.6. The van der Waals surface area contributed by atoms with Crippen LogP contribution in [0, 0.1) is 12.8 Å². The molecule has 0 fully saturated rings. The Labute approximate surface area is 279 Å². The van der Waals surface area contributed by atoms with E-state index in [-0.39, 0.29) is 29.7 Å². The molecule has 0 saturated carbocycles. The number of carbonyl (C=O) groups is 2. The van der Waals surface area contributed by atoms with Gasteiger partial charge < -0.3 is 10.2 Å². The van der Waals surface area contributed by atoms with Crippen molar-refractivity contribution in [3.63, 3.8) is 0 Å². The van der Waals surface area contributed by atoms with Crippen LogP contribution in [0.3, 0.4) is 0 Å². The Hall–Kier alpha value is -3.66. The van der Waals surface area contributed by atoms with Crippen LogP contribution in [0.1, 0.15) is 30.5 Å². The Morgan fingerprint density at radius 3 is 2.16 bits per heavy atom. The minimum Gasteiger partial charge on any atom is -0.354 e. The normalized spacial score (nSPS) is 12.0. The van der Waals surface area contributed by atoms with E-state index in [1.165, 1.54) is 29.2 Å². The Kier molecular flexibility index (Phi) is 11.8. The van der Waals surface area contributed by atoms with Crippen LogP contribution in [-0.2, 0) is 32.6 Å². The fraction of sp³-hybridized carbons (Fsp3) is 0.257. The maximum absolute atomic E-state index is 14.5. The first-order valence-corrected chi connectivity index (χ1v) is 17.3. The monoisotopic (exact) mass is 709 g/mol. The zero-order valence-corrected chi connectivity index (χ0v) is 28.6. The first kappa shape index (κ1) is 34.2. The van der Waals surface area contributed by atoms with Gasteiger partial charge in [0, 0.05) is 29.0 Å². The molecule has 236 valence electrons. The molecule has 10 heteroatoms. The van der Waals surface area contributed by atoms with Crippen molar-refractivity contribution in [2.45, 2.75) is 44.7 Å². The molecule has 4 rings (SSSR count). The van der Waals surface area contributed by atoms with Gasteiger partial charge in [-0.05, 0) is 78.1 Å². The molecule has 0 spiro atoms. The second-order valence-corrected chi connectivity index (χ2v) is 14.5. The van der Waals surface area contributed by atoms with E-state index in [1.54, 1.807) is 18.2 Å². The zero-order valence-electron chi connectivity index (χ0n) is 25.5. The average Bonchev–Trinajstić information content (AvgIpc) is 3.01. The lowest BCUT2D eigenvalue weighted by Crippen LogP contribution is -2.53. The van der Waals surface area contributed by atoms with Crippen molar-refractivity contribution in [1.29, 1.82) is 0 Å². The van der Waals surface area contributed by atoms with Crippen molar-refractivity contribution >= 4 is 55.1 Å². The number of carbonyl (C=O) groups excluding carboxylic acids is 2. The van der Waals surface area contributed by atoms with Gasteiger partial charge in [0.05, 0.1) is 10.6 Å². The van der Waals surface area contributed by atoms with Crippen molar-refractivity contribution < 1.29 is 18.0 Å². The molecule has 0 aliphatic rings. The van der Waals surface area contributed by atoms with E-state index in [1.807, 2.05) is 81.4 Å². The second-order valence-electron chi connectivity index (χ2n) is 11.3. The van der Waals surface area contributed by atoms with E-state index >= 15 is 0 Å². The summed E-state index contributed by atoms with van der Waals surface area (Å²) in [7, 11) is -4.20. The first-order valence-electron chi connectivity index (χ1n) is 14.6. The number of aryl methyl sites for hydroxylation is 1. The topological polar surface area (TPSA) is 86.8 Å². The fourth-order valence-corrected chi connectivity index (χ4v) is 6.60. The van der Waals surface area contributed by atoms with Gasteiger partial charge >= 0.3 is 0 Å². The minimum atomic E-state index is -4.20. The van der Waals surface area contributed by atoms with E-state index in [2.05, 4.69) is 21.2 Å². The van der Waals surface area contributed by atoms with Gasteiger partial charge in [0.1, 0.15) is 12.6 Å². The maximum Gasteiger partial charge on any atom is 0.264 e. The molecule has 4 aromatic carbocycles. The van der Waals surface area contributed by atoms with Crippen molar-refractivity contribution in [2.75, 3.05) is 17.4 Å². The van der Waals surface area contributed by atoms with E-state index in [0.29, 0.717) is 17.3 Å². The highest BCUT2D eigenvalue weighted by Crippen LogP contribution is 2.27. The largest absolute Gasteiger partial charge is 0.354 e. The summed E-state index contributed by atoms with van der Waals surface area (Å²) >= 11 is 9.52. The van der Waals surface area contributed by atoms with Crippen molar-refractivity contribution in [2.24, 2.45) is 5.92 Å². The summed E-state index contributed by atoms with van der Waals surface area (Å²) < 4.78 is 30.2. The smallest absolute Gasteiger partial charge is 0.264 e. The molecule has 1 atom stereocenters. The Morgan fingerprint density at radius 2 is 1.53 bits per heavy atom. The Bertz CT molecular complexity index is 1700. The number of rotatable bonds is 13. The third-order valence-corrected chi connectivity index (χ3v) is 9.76. The van der Waals surface area contributed by atoms with Crippen molar-refractivity contribution in [3.05, 3.63) is 129 Å². The highest BCUT2D eigenvalue weighted by Gasteiger charge is 2.34. The van der Waals surface area contributed by atoms with Gasteiger partial charge in [-0.25, -0.2) is 8.42 Å². The number of sulfonamides is 1. The lowest BCUT2D eigenvalue weighted by Gasteiger charge is -2.34. The number of nitrogens with zero attached hydrogens (tertiary/aromatic N) is 2. The van der Waals surface area contributed by atoms with Crippen molar-refractivity contribution in [3.8, 4) is 0 Å². The third kappa shape index (κ3) is 9.42. The molecule has 0 heterocycles. The number of hydrogen-bond donors (Lipinski definition) is 1. The lowest BCUT2D eigenvalue weighted by atomic mass is 10.0. The molecular formula is C35H37BrClN3O4S. The van der Waals surface area contributed by atoms with Gasteiger partial charge in [0.2, 0.25) is 11.8 Å². The Morgan fingerprint density at radius 1 is 0.867 bits per heavy atom. The number of amides is 2. The summed E-state index contributed by atoms with van der Waals surface area (Å²) in [6, 6.07) is 28.9. The predicted octanol–water partition coefficient (Wildman–Crippen LogP) is 7.02. The number of hydrogen-bond acceptors (Lipinski definition) is 4. The number of anilines is 1. The summed E-state index contributed by atoms with van der Waals surface area (Å²) in [6.45, 7) is 5.87. The lowest BCUT2D eigenvalue weighted by molar-refractivity contribution is -0.140. The van der Waals surface area contributed by atoms with Crippen LogP contribution in [0.25, 0.3) is 0 Å². The van der Waals surface area contributed by atoms with Crippen LogP contribution >= 0.6 is 27.5 Å². The summed E-state index contributed by atoms with van der Waals surface area (Å²) in [5.74, 6) is -0.624. The van der Waals surface area contributed by atoms with Crippen LogP contribution in [0.4, 0.5) is 5.69 Å². The van der Waals surface area contributed by atoms with Gasteiger partial charge in [-0.2, -0.15) is 0 Å². The average molecular weight is 711 g/mol. The Balaban J connectivity index is 1.79. The summed E-state index contributed by atoms with van der Waals surface area (Å²) in [5, 5.41) is 3.39. The summed E-state index contributed by atoms with van der Waals surface area (Å²) in [6.07, 6.45) is 0.251. The highest BCUT2D eigenvalue weighted by molar-refractivity contribution is 9.10. The van der Waals surface area contributed by atoms with E-state index in [0.717, 1.165) is 25.5 Å². The maximum atomic E-state index is 14.5. The minimum absolute atomic E-state index is 0.00354. The van der Waals surface area contributed by atoms with Gasteiger partial charge in [0.25, 0.3) is 10.0 Å². The summed E-state index contributed by atoms with van der Waals surface area (Å²) in [5.41, 5.74) is 2.84. The van der Waals surface area contributed by atoms with E-state index in [4.69, 9.17) is 11.6 Å². The van der Waals surface area contributed by atoms with E-state index in [9.17, 15) is 18.0 Å². The molecule has 1 N–H and O–H groups in total. The molecule has 7 nitrogen and oxygen atoms in total. The van der Waals surface area contributed by atoms with E-state index < -0.39 is 28.5 Å². The zero-order chi connectivity index (χ0) is 32.6. The number of nitrogens with one attached hydrogen (secondary N) is 1.